The van der Waals surface area contributed by atoms with Crippen LogP contribution in [0.1, 0.15) is 23.2 Å². The summed E-state index contributed by atoms with van der Waals surface area (Å²) in [5, 5.41) is 0. The van der Waals surface area contributed by atoms with Gasteiger partial charge in [-0.3, -0.25) is 0 Å². The Morgan fingerprint density at radius 1 is 1.46 bits per heavy atom. The van der Waals surface area contributed by atoms with Gasteiger partial charge in [0, 0.05) is 11.8 Å². The third kappa shape index (κ3) is 1.77. The first-order valence-electron chi connectivity index (χ1n) is 4.66. The highest BCUT2D eigenvalue weighted by atomic mass is 31.1. The quantitative estimate of drug-likeness (QED) is 0.494. The lowest BCUT2D eigenvalue weighted by atomic mass is 10.1. The number of hydrogen-bond acceptors (Lipinski definition) is 0. The molecule has 0 nitrogen and oxygen atoms in total. The molecule has 0 N–H and O–H groups in total. The smallest absolute Gasteiger partial charge is 0.0266 e. The minimum absolute atomic E-state index is 0.757. The SMILES string of the molecule is C#CCPC1CCc2ccccc21. The summed E-state index contributed by atoms with van der Waals surface area (Å²) in [6.45, 7) is 0. The predicted octanol–water partition coefficient (Wildman–Crippen LogP) is 2.99. The number of aryl methyl sites for hydroxylation is 1. The molecule has 1 heteroatoms. The van der Waals surface area contributed by atoms with Crippen LogP contribution in [0.25, 0.3) is 0 Å². The average molecular weight is 188 g/mol. The molecular weight excluding hydrogens is 175 g/mol. The second-order valence-electron chi connectivity index (χ2n) is 3.38. The molecule has 2 rings (SSSR count). The summed E-state index contributed by atoms with van der Waals surface area (Å²) in [5.41, 5.74) is 3.85. The minimum atomic E-state index is 0.757. The van der Waals surface area contributed by atoms with Crippen molar-refractivity contribution in [2.45, 2.75) is 18.5 Å². The van der Waals surface area contributed by atoms with E-state index in [9.17, 15) is 0 Å². The van der Waals surface area contributed by atoms with E-state index in [2.05, 4.69) is 30.2 Å². The Morgan fingerprint density at radius 2 is 2.31 bits per heavy atom. The van der Waals surface area contributed by atoms with Crippen molar-refractivity contribution in [3.05, 3.63) is 35.4 Å². The van der Waals surface area contributed by atoms with Crippen molar-refractivity contribution in [3.63, 3.8) is 0 Å². The molecule has 2 atom stereocenters. The topological polar surface area (TPSA) is 0 Å². The average Bonchev–Trinajstić information content (AvgIpc) is 2.58. The first-order valence-corrected chi connectivity index (χ1v) is 5.95. The fourth-order valence-electron chi connectivity index (χ4n) is 1.95. The van der Waals surface area contributed by atoms with Crippen molar-refractivity contribution < 1.29 is 0 Å². The van der Waals surface area contributed by atoms with Gasteiger partial charge in [0.2, 0.25) is 0 Å². The molecule has 0 spiro atoms. The zero-order valence-electron chi connectivity index (χ0n) is 7.59. The van der Waals surface area contributed by atoms with Crippen LogP contribution in [-0.4, -0.2) is 6.16 Å². The third-order valence-electron chi connectivity index (χ3n) is 2.58. The zero-order valence-corrected chi connectivity index (χ0v) is 8.59. The lowest BCUT2D eigenvalue weighted by Gasteiger charge is -2.08. The molecule has 66 valence electrons. The van der Waals surface area contributed by atoms with Crippen molar-refractivity contribution in [3.8, 4) is 12.3 Å². The first-order chi connectivity index (χ1) is 6.42. The van der Waals surface area contributed by atoms with Crippen LogP contribution in [0, 0.1) is 12.3 Å². The molecule has 1 aliphatic rings. The van der Waals surface area contributed by atoms with Gasteiger partial charge in [-0.1, -0.05) is 24.3 Å². The zero-order chi connectivity index (χ0) is 9.10. The van der Waals surface area contributed by atoms with Crippen LogP contribution in [0.3, 0.4) is 0 Å². The molecular formula is C12H13P. The van der Waals surface area contributed by atoms with E-state index < -0.39 is 0 Å². The van der Waals surface area contributed by atoms with E-state index in [4.69, 9.17) is 6.42 Å². The molecule has 13 heavy (non-hydrogen) atoms. The maximum Gasteiger partial charge on any atom is 0.0266 e. The monoisotopic (exact) mass is 188 g/mol. The fourth-order valence-corrected chi connectivity index (χ4v) is 3.17. The van der Waals surface area contributed by atoms with Crippen LogP contribution in [0.15, 0.2) is 24.3 Å². The molecule has 0 aromatic heterocycles. The maximum absolute atomic E-state index is 5.28. The van der Waals surface area contributed by atoms with Crippen LogP contribution in [-0.2, 0) is 6.42 Å². The summed E-state index contributed by atoms with van der Waals surface area (Å²) in [6.07, 6.45) is 8.78. The van der Waals surface area contributed by atoms with Gasteiger partial charge in [0.05, 0.1) is 0 Å². The highest BCUT2D eigenvalue weighted by molar-refractivity contribution is 7.38. The van der Waals surface area contributed by atoms with Crippen molar-refractivity contribution in [2.75, 3.05) is 6.16 Å². The summed E-state index contributed by atoms with van der Waals surface area (Å²) in [6, 6.07) is 8.77. The molecule has 0 saturated heterocycles. The highest BCUT2D eigenvalue weighted by Gasteiger charge is 2.20. The Bertz CT molecular complexity index is 335. The highest BCUT2D eigenvalue weighted by Crippen LogP contribution is 2.44. The number of terminal acetylenes is 1. The lowest BCUT2D eigenvalue weighted by molar-refractivity contribution is 0.886. The predicted molar refractivity (Wildman–Crippen MR) is 59.5 cm³/mol. The molecule has 0 amide bonds. The van der Waals surface area contributed by atoms with E-state index in [1.54, 1.807) is 5.56 Å². The number of rotatable bonds is 2. The van der Waals surface area contributed by atoms with Crippen LogP contribution in [0.5, 0.6) is 0 Å². The van der Waals surface area contributed by atoms with Gasteiger partial charge in [0.25, 0.3) is 0 Å². The summed E-state index contributed by atoms with van der Waals surface area (Å²) in [4.78, 5) is 0. The molecule has 0 aliphatic heterocycles. The molecule has 0 bridgehead atoms. The standard InChI is InChI=1S/C12H13P/c1-2-9-13-12-8-7-10-5-3-4-6-11(10)12/h1,3-6,12-13H,7-9H2. The van der Waals surface area contributed by atoms with Gasteiger partial charge >= 0.3 is 0 Å². The van der Waals surface area contributed by atoms with Gasteiger partial charge in [0.1, 0.15) is 0 Å². The molecule has 0 fully saturated rings. The first kappa shape index (κ1) is 8.79. The van der Waals surface area contributed by atoms with Crippen LogP contribution in [0.4, 0.5) is 0 Å². The van der Waals surface area contributed by atoms with E-state index in [0.717, 1.165) is 20.4 Å². The van der Waals surface area contributed by atoms with E-state index >= 15 is 0 Å². The van der Waals surface area contributed by atoms with Gasteiger partial charge in [-0.15, -0.1) is 20.9 Å². The Kier molecular flexibility index (Phi) is 2.67. The van der Waals surface area contributed by atoms with Gasteiger partial charge in [-0.25, -0.2) is 0 Å². The van der Waals surface area contributed by atoms with Crippen molar-refractivity contribution in [1.82, 2.24) is 0 Å². The van der Waals surface area contributed by atoms with Crippen LogP contribution < -0.4 is 0 Å². The van der Waals surface area contributed by atoms with E-state index in [-0.39, 0.29) is 0 Å². The molecule has 0 saturated carbocycles. The molecule has 1 aromatic carbocycles. The summed E-state index contributed by atoms with van der Waals surface area (Å²) < 4.78 is 0. The largest absolute Gasteiger partial charge is 0.120 e. The van der Waals surface area contributed by atoms with E-state index in [1.807, 2.05) is 0 Å². The van der Waals surface area contributed by atoms with Crippen molar-refractivity contribution in [2.24, 2.45) is 0 Å². The molecule has 2 unspecified atom stereocenters. The van der Waals surface area contributed by atoms with E-state index in [0.29, 0.717) is 0 Å². The van der Waals surface area contributed by atoms with E-state index in [1.165, 1.54) is 18.4 Å². The summed E-state index contributed by atoms with van der Waals surface area (Å²) in [5.74, 6) is 2.74. The van der Waals surface area contributed by atoms with Gasteiger partial charge < -0.3 is 0 Å². The molecule has 0 heterocycles. The van der Waals surface area contributed by atoms with Crippen molar-refractivity contribution in [1.29, 1.82) is 0 Å². The van der Waals surface area contributed by atoms with Gasteiger partial charge in [-0.05, 0) is 24.0 Å². The van der Waals surface area contributed by atoms with Crippen molar-refractivity contribution >= 4 is 8.58 Å². The molecule has 1 aliphatic carbocycles. The minimum Gasteiger partial charge on any atom is -0.120 e. The van der Waals surface area contributed by atoms with Gasteiger partial charge in [-0.2, -0.15) is 0 Å². The second kappa shape index (κ2) is 3.95. The Labute approximate surface area is 81.5 Å². The Morgan fingerprint density at radius 3 is 3.15 bits per heavy atom. The maximum atomic E-state index is 5.28. The van der Waals surface area contributed by atoms with Gasteiger partial charge in [0.15, 0.2) is 0 Å². The Hall–Kier alpha value is -0.790. The normalized spacial score (nSPS) is 20.4. The molecule has 1 aromatic rings. The fraction of sp³-hybridized carbons (Fsp3) is 0.333. The number of fused-ring (bicyclic) bond motifs is 1. The number of hydrogen-bond donors (Lipinski definition) is 0. The van der Waals surface area contributed by atoms with Crippen LogP contribution >= 0.6 is 8.58 Å². The summed E-state index contributed by atoms with van der Waals surface area (Å²) >= 11 is 0. The summed E-state index contributed by atoms with van der Waals surface area (Å²) in [7, 11) is 0.917. The third-order valence-corrected chi connectivity index (χ3v) is 4.08. The lowest BCUT2D eigenvalue weighted by Crippen LogP contribution is -1.85. The second-order valence-corrected chi connectivity index (χ2v) is 4.83. The number of benzene rings is 1. The molecule has 0 radical (unpaired) electrons. The Balaban J connectivity index is 2.15. The van der Waals surface area contributed by atoms with Crippen LogP contribution in [0.2, 0.25) is 0 Å².